The van der Waals surface area contributed by atoms with Gasteiger partial charge < -0.3 is 5.73 Å². The van der Waals surface area contributed by atoms with Crippen LogP contribution in [-0.2, 0) is 0 Å². The van der Waals surface area contributed by atoms with Gasteiger partial charge in [-0.05, 0) is 18.4 Å². The van der Waals surface area contributed by atoms with Crippen LogP contribution in [0.25, 0.3) is 0 Å². The monoisotopic (exact) mass is 176 g/mol. The first-order chi connectivity index (χ1) is 6.02. The maximum Gasteiger partial charge on any atom is 0.123 e. The van der Waals surface area contributed by atoms with Crippen LogP contribution in [0, 0.1) is 12.3 Å². The third-order valence-corrected chi connectivity index (χ3v) is 2.12. The topological polar surface area (TPSA) is 49.9 Å². The molecule has 0 aliphatic carbocycles. The molecule has 1 aromatic rings. The maximum absolute atomic E-state index is 7.42. The van der Waals surface area contributed by atoms with Crippen molar-refractivity contribution in [1.82, 2.24) is 0 Å². The Labute approximate surface area is 79.3 Å². The lowest BCUT2D eigenvalue weighted by atomic mass is 9.95. The van der Waals surface area contributed by atoms with Gasteiger partial charge in [-0.3, -0.25) is 5.41 Å². The molecule has 0 aliphatic heterocycles. The first-order valence-corrected chi connectivity index (χ1v) is 4.47. The van der Waals surface area contributed by atoms with E-state index in [4.69, 9.17) is 11.1 Å². The van der Waals surface area contributed by atoms with Crippen LogP contribution < -0.4 is 5.73 Å². The molecule has 0 unspecified atom stereocenters. The van der Waals surface area contributed by atoms with E-state index in [1.54, 1.807) is 0 Å². The van der Waals surface area contributed by atoms with E-state index in [1.807, 2.05) is 12.1 Å². The normalized spacial score (nSPS) is 10.5. The molecule has 0 amide bonds. The van der Waals surface area contributed by atoms with Crippen LogP contribution in [0.4, 0.5) is 0 Å². The molecule has 0 spiro atoms. The molecule has 0 aliphatic rings. The van der Waals surface area contributed by atoms with Gasteiger partial charge in [0.15, 0.2) is 0 Å². The summed E-state index contributed by atoms with van der Waals surface area (Å²) in [6.45, 7) is 6.28. The Kier molecular flexibility index (Phi) is 2.71. The number of hydrogen-bond donors (Lipinski definition) is 2. The lowest BCUT2D eigenvalue weighted by Crippen LogP contribution is -2.14. The summed E-state index contributed by atoms with van der Waals surface area (Å²) in [5.41, 5.74) is 8.72. The fourth-order valence-corrected chi connectivity index (χ4v) is 1.41. The molecule has 0 bridgehead atoms. The number of hydrogen-bond acceptors (Lipinski definition) is 1. The average molecular weight is 176 g/mol. The quantitative estimate of drug-likeness (QED) is 0.527. The molecule has 70 valence electrons. The third-order valence-electron chi connectivity index (χ3n) is 2.12. The minimum atomic E-state index is 0.156. The van der Waals surface area contributed by atoms with Gasteiger partial charge in [0.2, 0.25) is 0 Å². The minimum absolute atomic E-state index is 0.156. The van der Waals surface area contributed by atoms with E-state index in [9.17, 15) is 0 Å². The lowest BCUT2D eigenvalue weighted by Gasteiger charge is -2.12. The van der Waals surface area contributed by atoms with E-state index in [0.29, 0.717) is 5.92 Å². The first-order valence-electron chi connectivity index (χ1n) is 4.47. The highest BCUT2D eigenvalue weighted by Gasteiger charge is 2.08. The Morgan fingerprint density at radius 1 is 1.38 bits per heavy atom. The Hall–Kier alpha value is -1.31. The van der Waals surface area contributed by atoms with Crippen molar-refractivity contribution in [2.75, 3.05) is 0 Å². The Morgan fingerprint density at radius 3 is 2.46 bits per heavy atom. The van der Waals surface area contributed by atoms with Crippen molar-refractivity contribution in [3.63, 3.8) is 0 Å². The molecule has 2 nitrogen and oxygen atoms in total. The largest absolute Gasteiger partial charge is 0.384 e. The smallest absolute Gasteiger partial charge is 0.123 e. The molecule has 0 fully saturated rings. The molecule has 3 N–H and O–H groups in total. The van der Waals surface area contributed by atoms with Crippen LogP contribution in [0.15, 0.2) is 18.2 Å². The second kappa shape index (κ2) is 3.60. The van der Waals surface area contributed by atoms with Gasteiger partial charge in [0.25, 0.3) is 0 Å². The zero-order chi connectivity index (χ0) is 10.0. The van der Waals surface area contributed by atoms with E-state index in [-0.39, 0.29) is 5.84 Å². The zero-order valence-corrected chi connectivity index (χ0v) is 8.39. The second-order valence-corrected chi connectivity index (χ2v) is 3.66. The number of benzene rings is 1. The number of nitrogens with two attached hydrogens (primary N) is 1. The lowest BCUT2D eigenvalue weighted by molar-refractivity contribution is 0.861. The van der Waals surface area contributed by atoms with Gasteiger partial charge in [-0.25, -0.2) is 0 Å². The van der Waals surface area contributed by atoms with E-state index in [0.717, 1.165) is 11.1 Å². The van der Waals surface area contributed by atoms with Crippen molar-refractivity contribution in [1.29, 1.82) is 5.41 Å². The molecule has 0 radical (unpaired) electrons. The highest BCUT2D eigenvalue weighted by Crippen LogP contribution is 2.20. The molecule has 0 heterocycles. The van der Waals surface area contributed by atoms with Crippen LogP contribution in [0.1, 0.15) is 36.5 Å². The van der Waals surface area contributed by atoms with E-state index in [1.165, 1.54) is 5.56 Å². The summed E-state index contributed by atoms with van der Waals surface area (Å²) < 4.78 is 0. The van der Waals surface area contributed by atoms with Crippen molar-refractivity contribution in [2.24, 2.45) is 5.73 Å². The summed E-state index contributed by atoms with van der Waals surface area (Å²) in [5.74, 6) is 0.572. The summed E-state index contributed by atoms with van der Waals surface area (Å²) in [6.07, 6.45) is 0. The average Bonchev–Trinajstić information content (AvgIpc) is 2.03. The SMILES string of the molecule is Cc1ccc(C(=N)N)c(C(C)C)c1. The van der Waals surface area contributed by atoms with Gasteiger partial charge in [-0.1, -0.05) is 37.6 Å². The standard InChI is InChI=1S/C11H16N2/c1-7(2)10-6-8(3)4-5-9(10)11(12)13/h4-7H,1-3H3,(H3,12,13). The molecular formula is C11H16N2. The molecule has 0 aromatic heterocycles. The van der Waals surface area contributed by atoms with Gasteiger partial charge in [-0.15, -0.1) is 0 Å². The second-order valence-electron chi connectivity index (χ2n) is 3.66. The van der Waals surface area contributed by atoms with E-state index >= 15 is 0 Å². The zero-order valence-electron chi connectivity index (χ0n) is 8.39. The summed E-state index contributed by atoms with van der Waals surface area (Å²) in [5, 5.41) is 7.42. The summed E-state index contributed by atoms with van der Waals surface area (Å²) in [7, 11) is 0. The minimum Gasteiger partial charge on any atom is -0.384 e. The van der Waals surface area contributed by atoms with Crippen LogP contribution in [0.2, 0.25) is 0 Å². The summed E-state index contributed by atoms with van der Waals surface area (Å²) in [4.78, 5) is 0. The molecule has 2 heteroatoms. The Balaban J connectivity index is 3.26. The highest BCUT2D eigenvalue weighted by atomic mass is 14.7. The van der Waals surface area contributed by atoms with Gasteiger partial charge >= 0.3 is 0 Å². The van der Waals surface area contributed by atoms with Gasteiger partial charge in [-0.2, -0.15) is 0 Å². The predicted molar refractivity (Wildman–Crippen MR) is 56.3 cm³/mol. The van der Waals surface area contributed by atoms with Crippen molar-refractivity contribution in [3.8, 4) is 0 Å². The maximum atomic E-state index is 7.42. The Morgan fingerprint density at radius 2 is 2.00 bits per heavy atom. The fraction of sp³-hybridized carbons (Fsp3) is 0.364. The highest BCUT2D eigenvalue weighted by molar-refractivity contribution is 5.96. The van der Waals surface area contributed by atoms with Crippen LogP contribution in [0.5, 0.6) is 0 Å². The van der Waals surface area contributed by atoms with E-state index in [2.05, 4.69) is 26.8 Å². The third kappa shape index (κ3) is 2.08. The van der Waals surface area contributed by atoms with Crippen LogP contribution in [0.3, 0.4) is 0 Å². The first kappa shape index (κ1) is 9.78. The summed E-state index contributed by atoms with van der Waals surface area (Å²) in [6, 6.07) is 6.01. The van der Waals surface area contributed by atoms with Crippen molar-refractivity contribution in [2.45, 2.75) is 26.7 Å². The van der Waals surface area contributed by atoms with Gasteiger partial charge in [0, 0.05) is 5.56 Å². The number of nitrogen functional groups attached to an aromatic ring is 1. The Bertz CT molecular complexity index is 327. The van der Waals surface area contributed by atoms with Crippen LogP contribution >= 0.6 is 0 Å². The molecule has 0 atom stereocenters. The molecule has 0 saturated heterocycles. The molecular weight excluding hydrogens is 160 g/mol. The van der Waals surface area contributed by atoms with Crippen molar-refractivity contribution < 1.29 is 0 Å². The number of rotatable bonds is 2. The fourth-order valence-electron chi connectivity index (χ4n) is 1.41. The van der Waals surface area contributed by atoms with Crippen molar-refractivity contribution in [3.05, 3.63) is 34.9 Å². The molecule has 1 rings (SSSR count). The van der Waals surface area contributed by atoms with E-state index < -0.39 is 0 Å². The predicted octanol–water partition coefficient (Wildman–Crippen LogP) is 2.40. The molecule has 1 aromatic carbocycles. The van der Waals surface area contributed by atoms with Crippen LogP contribution in [-0.4, -0.2) is 5.84 Å². The molecule has 13 heavy (non-hydrogen) atoms. The number of amidine groups is 1. The van der Waals surface area contributed by atoms with Crippen molar-refractivity contribution >= 4 is 5.84 Å². The number of nitrogens with one attached hydrogen (secondary N) is 1. The summed E-state index contributed by atoms with van der Waals surface area (Å²) >= 11 is 0. The van der Waals surface area contributed by atoms with Gasteiger partial charge in [0.05, 0.1) is 0 Å². The number of aryl methyl sites for hydroxylation is 1. The molecule has 0 saturated carbocycles. The van der Waals surface area contributed by atoms with Gasteiger partial charge in [0.1, 0.15) is 5.84 Å².